The molecule has 0 radical (unpaired) electrons. The number of rotatable bonds is 6. The smallest absolute Gasteiger partial charge is 0.325 e. The average molecular weight is 230 g/mol. The molecule has 15 heavy (non-hydrogen) atoms. The fourth-order valence-corrected chi connectivity index (χ4v) is 1.44. The Labute approximate surface area is 89.4 Å². The number of hydrogen-bond donors (Lipinski definition) is 1. The van der Waals surface area contributed by atoms with Crippen LogP contribution in [0.15, 0.2) is 30.3 Å². The molecule has 0 heterocycles. The van der Waals surface area contributed by atoms with Crippen LogP contribution in [-0.4, -0.2) is 24.8 Å². The largest absolute Gasteiger partial charge is 0.374 e. The van der Waals surface area contributed by atoms with Crippen molar-refractivity contribution in [2.75, 3.05) is 19.9 Å². The summed E-state index contributed by atoms with van der Waals surface area (Å²) in [5.41, 5.74) is 1.07. The molecule has 0 aliphatic carbocycles. The summed E-state index contributed by atoms with van der Waals surface area (Å²) in [6.45, 7) is 2.10. The van der Waals surface area contributed by atoms with E-state index in [0.717, 1.165) is 12.2 Å². The minimum atomic E-state index is -3.36. The van der Waals surface area contributed by atoms with Crippen LogP contribution in [0.3, 0.4) is 0 Å². The van der Waals surface area contributed by atoms with E-state index in [1.807, 2.05) is 30.3 Å². The van der Waals surface area contributed by atoms with Crippen molar-refractivity contribution in [3.63, 3.8) is 0 Å². The lowest BCUT2D eigenvalue weighted by atomic mass is 10.2. The van der Waals surface area contributed by atoms with E-state index in [1.54, 1.807) is 0 Å². The van der Waals surface area contributed by atoms with Crippen molar-refractivity contribution in [2.45, 2.75) is 6.61 Å². The number of hydrogen-bond acceptors (Lipinski definition) is 3. The predicted molar refractivity (Wildman–Crippen MR) is 57.8 cm³/mol. The van der Waals surface area contributed by atoms with Crippen molar-refractivity contribution in [3.8, 4) is 0 Å². The van der Waals surface area contributed by atoms with Crippen LogP contribution in [0.2, 0.25) is 0 Å². The van der Waals surface area contributed by atoms with Crippen molar-refractivity contribution in [3.05, 3.63) is 35.9 Å². The van der Waals surface area contributed by atoms with Crippen molar-refractivity contribution >= 4 is 7.60 Å². The van der Waals surface area contributed by atoms with Crippen LogP contribution >= 0.6 is 7.60 Å². The lowest BCUT2D eigenvalue weighted by molar-refractivity contribution is 0.0853. The van der Waals surface area contributed by atoms with E-state index < -0.39 is 7.60 Å². The SMILES string of the molecule is CP(=O)(O)OCCOCc1ccccc1. The molecule has 0 fully saturated rings. The molecule has 1 aromatic rings. The molecule has 0 bridgehead atoms. The molecule has 0 aromatic heterocycles. The molecule has 0 amide bonds. The zero-order valence-corrected chi connectivity index (χ0v) is 9.52. The van der Waals surface area contributed by atoms with Gasteiger partial charge < -0.3 is 14.2 Å². The first-order valence-electron chi connectivity index (χ1n) is 4.64. The zero-order valence-electron chi connectivity index (χ0n) is 8.63. The van der Waals surface area contributed by atoms with E-state index in [-0.39, 0.29) is 6.61 Å². The van der Waals surface area contributed by atoms with E-state index in [4.69, 9.17) is 9.63 Å². The van der Waals surface area contributed by atoms with E-state index in [9.17, 15) is 4.57 Å². The third kappa shape index (κ3) is 6.42. The van der Waals surface area contributed by atoms with Gasteiger partial charge in [0.1, 0.15) is 0 Å². The van der Waals surface area contributed by atoms with Crippen LogP contribution in [0.1, 0.15) is 5.56 Å². The second kappa shape index (κ2) is 6.03. The van der Waals surface area contributed by atoms with Crippen LogP contribution in [0.25, 0.3) is 0 Å². The lowest BCUT2D eigenvalue weighted by Crippen LogP contribution is -2.02. The van der Waals surface area contributed by atoms with Crippen molar-refractivity contribution in [1.82, 2.24) is 0 Å². The Morgan fingerprint density at radius 3 is 2.53 bits per heavy atom. The van der Waals surface area contributed by atoms with Crippen molar-refractivity contribution in [1.29, 1.82) is 0 Å². The number of ether oxygens (including phenoxy) is 1. The molecule has 0 aliphatic rings. The highest BCUT2D eigenvalue weighted by atomic mass is 31.2. The summed E-state index contributed by atoms with van der Waals surface area (Å²) in [5, 5.41) is 0. The van der Waals surface area contributed by atoms with Gasteiger partial charge in [-0.05, 0) is 5.56 Å². The Balaban J connectivity index is 2.10. The second-order valence-corrected chi connectivity index (χ2v) is 5.04. The van der Waals surface area contributed by atoms with Gasteiger partial charge in [0.25, 0.3) is 0 Å². The van der Waals surface area contributed by atoms with Gasteiger partial charge in [0.2, 0.25) is 0 Å². The summed E-state index contributed by atoms with van der Waals surface area (Å²) in [7, 11) is -3.36. The Bertz CT molecular complexity index is 319. The Morgan fingerprint density at radius 1 is 1.27 bits per heavy atom. The van der Waals surface area contributed by atoms with Crippen LogP contribution in [0.4, 0.5) is 0 Å². The average Bonchev–Trinajstić information content (AvgIpc) is 2.17. The summed E-state index contributed by atoms with van der Waals surface area (Å²) in [5.74, 6) is 0. The first-order valence-corrected chi connectivity index (χ1v) is 6.67. The molecule has 1 rings (SSSR count). The van der Waals surface area contributed by atoms with Crippen LogP contribution in [0.5, 0.6) is 0 Å². The molecule has 1 unspecified atom stereocenters. The third-order valence-corrected chi connectivity index (χ3v) is 2.33. The maximum absolute atomic E-state index is 10.7. The van der Waals surface area contributed by atoms with E-state index in [2.05, 4.69) is 4.52 Å². The third-order valence-electron chi connectivity index (χ3n) is 1.67. The summed E-state index contributed by atoms with van der Waals surface area (Å²) in [4.78, 5) is 8.81. The van der Waals surface area contributed by atoms with Gasteiger partial charge in [-0.25, -0.2) is 0 Å². The Hall–Kier alpha value is -0.670. The first-order chi connectivity index (χ1) is 7.08. The van der Waals surface area contributed by atoms with Gasteiger partial charge in [0, 0.05) is 6.66 Å². The molecule has 0 saturated heterocycles. The van der Waals surface area contributed by atoms with E-state index in [1.165, 1.54) is 0 Å². The lowest BCUT2D eigenvalue weighted by Gasteiger charge is -2.07. The van der Waals surface area contributed by atoms with Gasteiger partial charge in [-0.15, -0.1) is 0 Å². The van der Waals surface area contributed by atoms with Crippen molar-refractivity contribution in [2.24, 2.45) is 0 Å². The van der Waals surface area contributed by atoms with Gasteiger partial charge in [-0.3, -0.25) is 4.57 Å². The fraction of sp³-hybridized carbons (Fsp3) is 0.400. The first kappa shape index (κ1) is 12.4. The van der Waals surface area contributed by atoms with Gasteiger partial charge in [0.05, 0.1) is 19.8 Å². The molecular formula is C10H15O4P. The minimum absolute atomic E-state index is 0.136. The summed E-state index contributed by atoms with van der Waals surface area (Å²) < 4.78 is 20.6. The molecule has 84 valence electrons. The van der Waals surface area contributed by atoms with E-state index >= 15 is 0 Å². The summed E-state index contributed by atoms with van der Waals surface area (Å²) >= 11 is 0. The van der Waals surface area contributed by atoms with E-state index in [0.29, 0.717) is 13.2 Å². The van der Waals surface area contributed by atoms with Crippen LogP contribution in [0, 0.1) is 0 Å². The molecule has 1 aromatic carbocycles. The maximum Gasteiger partial charge on any atom is 0.325 e. The van der Waals surface area contributed by atoms with Gasteiger partial charge >= 0.3 is 7.60 Å². The maximum atomic E-state index is 10.7. The number of benzene rings is 1. The normalized spacial score (nSPS) is 14.8. The monoisotopic (exact) mass is 230 g/mol. The molecule has 4 nitrogen and oxygen atoms in total. The highest BCUT2D eigenvalue weighted by Crippen LogP contribution is 2.35. The van der Waals surface area contributed by atoms with Gasteiger partial charge in [-0.1, -0.05) is 30.3 Å². The predicted octanol–water partition coefficient (Wildman–Crippen LogP) is 2.04. The molecule has 0 aliphatic heterocycles. The zero-order chi connectivity index (χ0) is 11.1. The van der Waals surface area contributed by atoms with Crippen LogP contribution < -0.4 is 0 Å². The fourth-order valence-electron chi connectivity index (χ4n) is 1.03. The highest BCUT2D eigenvalue weighted by Gasteiger charge is 2.08. The Kier molecular flexibility index (Phi) is 4.99. The van der Waals surface area contributed by atoms with Gasteiger partial charge in [0.15, 0.2) is 0 Å². The molecular weight excluding hydrogens is 215 g/mol. The highest BCUT2D eigenvalue weighted by molar-refractivity contribution is 7.51. The molecule has 1 N–H and O–H groups in total. The second-order valence-electron chi connectivity index (χ2n) is 3.17. The van der Waals surface area contributed by atoms with Crippen LogP contribution in [-0.2, 0) is 20.4 Å². The van der Waals surface area contributed by atoms with Gasteiger partial charge in [-0.2, -0.15) is 0 Å². The quantitative estimate of drug-likeness (QED) is 0.600. The Morgan fingerprint density at radius 2 is 1.93 bits per heavy atom. The topological polar surface area (TPSA) is 55.8 Å². The van der Waals surface area contributed by atoms with Crippen molar-refractivity contribution < 1.29 is 18.7 Å². The minimum Gasteiger partial charge on any atom is -0.374 e. The molecule has 0 spiro atoms. The summed E-state index contributed by atoms with van der Waals surface area (Å²) in [6.07, 6.45) is 0. The standard InChI is InChI=1S/C10H15O4P/c1-15(11,12)14-8-7-13-9-10-5-3-2-4-6-10/h2-6H,7-9H2,1H3,(H,11,12). The summed E-state index contributed by atoms with van der Waals surface area (Å²) in [6, 6.07) is 9.72. The molecule has 0 saturated carbocycles. The molecule has 5 heteroatoms. The molecule has 1 atom stereocenters.